The zero-order chi connectivity index (χ0) is 12.5. The smallest absolute Gasteiger partial charge is 0.0914 e. The van der Waals surface area contributed by atoms with Crippen molar-refractivity contribution in [2.75, 3.05) is 6.54 Å². The molecule has 0 aromatic heterocycles. The second kappa shape index (κ2) is 4.79. The second-order valence-electron chi connectivity index (χ2n) is 6.03. The molecule has 0 amide bonds. The number of aryl methyl sites for hydroxylation is 2. The lowest BCUT2D eigenvalue weighted by Crippen LogP contribution is -2.38. The highest BCUT2D eigenvalue weighted by atomic mass is 16.3. The summed E-state index contributed by atoms with van der Waals surface area (Å²) in [7, 11) is 0. The minimum absolute atomic E-state index is 0.0533. The van der Waals surface area contributed by atoms with Crippen molar-refractivity contribution in [3.63, 3.8) is 0 Å². The number of rotatable bonds is 3. The molecule has 1 aromatic carbocycles. The topological polar surface area (TPSA) is 32.3 Å². The molecule has 2 rings (SSSR count). The zero-order valence-electron chi connectivity index (χ0n) is 11.1. The van der Waals surface area contributed by atoms with Gasteiger partial charge in [-0.1, -0.05) is 18.2 Å². The maximum Gasteiger partial charge on any atom is 0.0914 e. The molecule has 0 bridgehead atoms. The van der Waals surface area contributed by atoms with E-state index in [1.54, 1.807) is 0 Å². The van der Waals surface area contributed by atoms with Crippen LogP contribution in [-0.4, -0.2) is 17.2 Å². The van der Waals surface area contributed by atoms with Gasteiger partial charge >= 0.3 is 0 Å². The average Bonchev–Trinajstić information content (AvgIpc) is 2.71. The van der Waals surface area contributed by atoms with Crippen LogP contribution >= 0.6 is 0 Å². The molecule has 1 atom stereocenters. The largest absolute Gasteiger partial charge is 0.387 e. The molecule has 2 heteroatoms. The Bertz CT molecular complexity index is 392. The van der Waals surface area contributed by atoms with E-state index < -0.39 is 6.10 Å². The van der Waals surface area contributed by atoms with E-state index in [-0.39, 0.29) is 5.54 Å². The highest BCUT2D eigenvalue weighted by molar-refractivity contribution is 5.36. The molecule has 0 fully saturated rings. The predicted octanol–water partition coefficient (Wildman–Crippen LogP) is 2.60. The molecular weight excluding hydrogens is 210 g/mol. The highest BCUT2D eigenvalue weighted by Crippen LogP contribution is 2.25. The third-order valence-electron chi connectivity index (χ3n) is 3.33. The number of hydrogen-bond donors (Lipinski definition) is 2. The van der Waals surface area contributed by atoms with E-state index in [0.29, 0.717) is 6.54 Å². The number of benzene rings is 1. The molecule has 0 heterocycles. The van der Waals surface area contributed by atoms with Gasteiger partial charge in [-0.3, -0.25) is 0 Å². The molecule has 0 saturated carbocycles. The van der Waals surface area contributed by atoms with Crippen LogP contribution in [0.1, 0.15) is 50.0 Å². The molecule has 1 aromatic rings. The minimum atomic E-state index is -0.403. The summed E-state index contributed by atoms with van der Waals surface area (Å²) < 4.78 is 0. The maximum atomic E-state index is 10.2. The monoisotopic (exact) mass is 233 g/mol. The van der Waals surface area contributed by atoms with Gasteiger partial charge in [0.25, 0.3) is 0 Å². The summed E-state index contributed by atoms with van der Waals surface area (Å²) in [5.74, 6) is 0. The quantitative estimate of drug-likeness (QED) is 0.841. The fourth-order valence-electron chi connectivity index (χ4n) is 2.32. The van der Waals surface area contributed by atoms with Crippen molar-refractivity contribution >= 4 is 0 Å². The lowest BCUT2D eigenvalue weighted by Gasteiger charge is -2.23. The highest BCUT2D eigenvalue weighted by Gasteiger charge is 2.16. The first-order valence-electron chi connectivity index (χ1n) is 6.50. The Morgan fingerprint density at radius 2 is 1.94 bits per heavy atom. The minimum Gasteiger partial charge on any atom is -0.387 e. The Labute approximate surface area is 104 Å². The molecule has 0 radical (unpaired) electrons. The van der Waals surface area contributed by atoms with Crippen LogP contribution in [0.2, 0.25) is 0 Å². The Kier molecular flexibility index (Phi) is 3.55. The molecule has 1 aliphatic carbocycles. The van der Waals surface area contributed by atoms with Gasteiger partial charge in [-0.2, -0.15) is 0 Å². The Balaban J connectivity index is 2.02. The SMILES string of the molecule is CC(C)(C)NCC(O)c1ccc2c(c1)CCC2. The summed E-state index contributed by atoms with van der Waals surface area (Å²) in [6, 6.07) is 6.43. The van der Waals surface area contributed by atoms with Crippen LogP contribution in [0.3, 0.4) is 0 Å². The molecule has 17 heavy (non-hydrogen) atoms. The van der Waals surface area contributed by atoms with Crippen LogP contribution in [0.4, 0.5) is 0 Å². The van der Waals surface area contributed by atoms with Crippen LogP contribution < -0.4 is 5.32 Å². The molecule has 1 aliphatic rings. The van der Waals surface area contributed by atoms with Crippen molar-refractivity contribution < 1.29 is 5.11 Å². The number of β-amino-alcohol motifs (C(OH)–C–C–N with tert-alkyl or cyclic N) is 1. The van der Waals surface area contributed by atoms with Gasteiger partial charge in [-0.25, -0.2) is 0 Å². The van der Waals surface area contributed by atoms with Crippen LogP contribution in [0, 0.1) is 0 Å². The van der Waals surface area contributed by atoms with Crippen molar-refractivity contribution in [2.45, 2.75) is 51.7 Å². The summed E-state index contributed by atoms with van der Waals surface area (Å²) in [6.07, 6.45) is 3.23. The van der Waals surface area contributed by atoms with Gasteiger partial charge in [-0.15, -0.1) is 0 Å². The van der Waals surface area contributed by atoms with Gasteiger partial charge in [0.1, 0.15) is 0 Å². The Hall–Kier alpha value is -0.860. The first kappa shape index (κ1) is 12.6. The fraction of sp³-hybridized carbons (Fsp3) is 0.600. The Morgan fingerprint density at radius 3 is 2.65 bits per heavy atom. The van der Waals surface area contributed by atoms with E-state index in [0.717, 1.165) is 5.56 Å². The normalized spacial score (nSPS) is 16.9. The first-order chi connectivity index (χ1) is 7.96. The lowest BCUT2D eigenvalue weighted by molar-refractivity contribution is 0.163. The van der Waals surface area contributed by atoms with Crippen molar-refractivity contribution in [3.05, 3.63) is 34.9 Å². The molecule has 2 N–H and O–H groups in total. The van der Waals surface area contributed by atoms with Crippen LogP contribution in [-0.2, 0) is 12.8 Å². The average molecular weight is 233 g/mol. The van der Waals surface area contributed by atoms with E-state index in [9.17, 15) is 5.11 Å². The Morgan fingerprint density at radius 1 is 1.24 bits per heavy atom. The van der Waals surface area contributed by atoms with Crippen LogP contribution in [0.15, 0.2) is 18.2 Å². The summed E-state index contributed by atoms with van der Waals surface area (Å²) in [5.41, 5.74) is 3.99. The first-order valence-corrected chi connectivity index (χ1v) is 6.50. The standard InChI is InChI=1S/C15H23NO/c1-15(2,3)16-10-14(17)13-8-7-11-5-4-6-12(11)9-13/h7-9,14,16-17H,4-6,10H2,1-3H3. The number of hydrogen-bond acceptors (Lipinski definition) is 2. The molecule has 2 nitrogen and oxygen atoms in total. The summed E-state index contributed by atoms with van der Waals surface area (Å²) in [4.78, 5) is 0. The van der Waals surface area contributed by atoms with E-state index in [1.165, 1.54) is 30.4 Å². The van der Waals surface area contributed by atoms with E-state index in [4.69, 9.17) is 0 Å². The predicted molar refractivity (Wildman–Crippen MR) is 71.2 cm³/mol. The van der Waals surface area contributed by atoms with E-state index in [1.807, 2.05) is 0 Å². The van der Waals surface area contributed by atoms with Gasteiger partial charge in [-0.05, 0) is 56.7 Å². The van der Waals surface area contributed by atoms with Crippen molar-refractivity contribution in [1.29, 1.82) is 0 Å². The third kappa shape index (κ3) is 3.30. The van der Waals surface area contributed by atoms with Gasteiger partial charge < -0.3 is 10.4 Å². The van der Waals surface area contributed by atoms with Gasteiger partial charge in [0.2, 0.25) is 0 Å². The van der Waals surface area contributed by atoms with Crippen LogP contribution in [0.5, 0.6) is 0 Å². The summed E-state index contributed by atoms with van der Waals surface area (Å²) in [5, 5.41) is 13.5. The summed E-state index contributed by atoms with van der Waals surface area (Å²) >= 11 is 0. The van der Waals surface area contributed by atoms with Gasteiger partial charge in [0.05, 0.1) is 6.10 Å². The maximum absolute atomic E-state index is 10.2. The summed E-state index contributed by atoms with van der Waals surface area (Å²) in [6.45, 7) is 6.95. The molecule has 0 spiro atoms. The van der Waals surface area contributed by atoms with E-state index >= 15 is 0 Å². The van der Waals surface area contributed by atoms with Crippen molar-refractivity contribution in [3.8, 4) is 0 Å². The number of aliphatic hydroxyl groups excluding tert-OH is 1. The number of fused-ring (bicyclic) bond motifs is 1. The second-order valence-corrected chi connectivity index (χ2v) is 6.03. The van der Waals surface area contributed by atoms with Crippen molar-refractivity contribution in [1.82, 2.24) is 5.32 Å². The molecule has 94 valence electrons. The zero-order valence-corrected chi connectivity index (χ0v) is 11.1. The lowest BCUT2D eigenvalue weighted by atomic mass is 10.0. The molecule has 0 aliphatic heterocycles. The van der Waals surface area contributed by atoms with Crippen LogP contribution in [0.25, 0.3) is 0 Å². The molecule has 0 saturated heterocycles. The number of aliphatic hydroxyl groups is 1. The third-order valence-corrected chi connectivity index (χ3v) is 3.33. The molecular formula is C15H23NO. The van der Waals surface area contributed by atoms with Gasteiger partial charge in [0.15, 0.2) is 0 Å². The fourth-order valence-corrected chi connectivity index (χ4v) is 2.32. The van der Waals surface area contributed by atoms with E-state index in [2.05, 4.69) is 44.3 Å². The van der Waals surface area contributed by atoms with Crippen molar-refractivity contribution in [2.24, 2.45) is 0 Å². The number of nitrogens with one attached hydrogen (secondary N) is 1. The molecule has 1 unspecified atom stereocenters. The van der Waals surface area contributed by atoms with Gasteiger partial charge in [0, 0.05) is 12.1 Å².